The molecule has 0 aromatic carbocycles. The number of carbonyl (C=O) groups excluding carboxylic acids is 1. The Morgan fingerprint density at radius 2 is 1.97 bits per heavy atom. The normalized spacial score (nSPS) is 17.1. The Morgan fingerprint density at radius 1 is 1.14 bits per heavy atom. The topological polar surface area (TPSA) is 96.4 Å². The van der Waals surface area contributed by atoms with Crippen LogP contribution < -0.4 is 19.9 Å². The Balaban J connectivity index is 1.27. The van der Waals surface area contributed by atoms with E-state index in [4.69, 9.17) is 9.72 Å². The number of ether oxygens (including phenoxy) is 1. The molecule has 3 aromatic heterocycles. The van der Waals surface area contributed by atoms with Gasteiger partial charge in [0, 0.05) is 32.4 Å². The van der Waals surface area contributed by atoms with Crippen molar-refractivity contribution < 1.29 is 22.7 Å². The molecule has 2 aliphatic heterocycles. The summed E-state index contributed by atoms with van der Waals surface area (Å²) in [4.78, 5) is 33.6. The van der Waals surface area contributed by atoms with Crippen LogP contribution >= 0.6 is 0 Å². The summed E-state index contributed by atoms with van der Waals surface area (Å²) < 4.78 is 43.4. The van der Waals surface area contributed by atoms with E-state index < -0.39 is 11.9 Å². The monoisotopic (exact) mass is 499 g/mol. The van der Waals surface area contributed by atoms with Crippen LogP contribution in [0.15, 0.2) is 36.7 Å². The highest BCUT2D eigenvalue weighted by Crippen LogP contribution is 2.40. The summed E-state index contributed by atoms with van der Waals surface area (Å²) in [5.41, 5.74) is 1.51. The van der Waals surface area contributed by atoms with E-state index >= 15 is 0 Å². The molecule has 0 fully saturated rings. The van der Waals surface area contributed by atoms with Gasteiger partial charge in [0.25, 0.3) is 0 Å². The first-order valence-electron chi connectivity index (χ1n) is 11.6. The molecule has 0 bridgehead atoms. The molecule has 5 rings (SSSR count). The Labute approximate surface area is 205 Å². The first-order valence-corrected chi connectivity index (χ1v) is 11.6. The third-order valence-corrected chi connectivity index (χ3v) is 6.24. The Bertz CT molecular complexity index is 1270. The van der Waals surface area contributed by atoms with Gasteiger partial charge in [-0.05, 0) is 37.0 Å². The minimum absolute atomic E-state index is 0.0956. The summed E-state index contributed by atoms with van der Waals surface area (Å²) in [5, 5.41) is 3.23. The van der Waals surface area contributed by atoms with Gasteiger partial charge in [0.05, 0.1) is 11.9 Å². The average Bonchev–Trinajstić information content (AvgIpc) is 2.87. The van der Waals surface area contributed by atoms with E-state index in [-0.39, 0.29) is 23.6 Å². The second kappa shape index (κ2) is 9.25. The molecule has 36 heavy (non-hydrogen) atoms. The Hall–Kier alpha value is -3.96. The summed E-state index contributed by atoms with van der Waals surface area (Å²) in [6.45, 7) is 3.07. The molecule has 0 aliphatic carbocycles. The molecule has 0 saturated carbocycles. The fourth-order valence-corrected chi connectivity index (χ4v) is 4.43. The van der Waals surface area contributed by atoms with Crippen LogP contribution in [0, 0.1) is 0 Å². The number of carbonyl (C=O) groups is 1. The zero-order valence-corrected chi connectivity index (χ0v) is 19.7. The van der Waals surface area contributed by atoms with Crippen LogP contribution in [0.4, 0.5) is 30.6 Å². The van der Waals surface area contributed by atoms with Gasteiger partial charge in [0.15, 0.2) is 5.82 Å². The fourth-order valence-electron chi connectivity index (χ4n) is 4.43. The van der Waals surface area contributed by atoms with Gasteiger partial charge in [0.2, 0.25) is 17.7 Å². The number of hydrogen-bond donors (Lipinski definition) is 1. The summed E-state index contributed by atoms with van der Waals surface area (Å²) in [6, 6.07) is 5.21. The SMILES string of the molecule is CCC1C(=O)N2CCCc3nc(NCc4ccc(Oc5ccc(C(F)(F)F)nc5)nc4)nc(c32)N1C. The van der Waals surface area contributed by atoms with Crippen molar-refractivity contribution in [1.29, 1.82) is 0 Å². The van der Waals surface area contributed by atoms with Crippen molar-refractivity contribution in [2.45, 2.75) is 44.9 Å². The van der Waals surface area contributed by atoms with E-state index in [1.54, 1.807) is 18.3 Å². The van der Waals surface area contributed by atoms with E-state index in [9.17, 15) is 18.0 Å². The number of amides is 1. The molecule has 1 unspecified atom stereocenters. The van der Waals surface area contributed by atoms with Gasteiger partial charge in [-0.15, -0.1) is 0 Å². The van der Waals surface area contributed by atoms with Crippen LogP contribution in [0.5, 0.6) is 11.6 Å². The number of nitrogens with zero attached hydrogens (tertiary/aromatic N) is 6. The molecule has 1 N–H and O–H groups in total. The molecule has 0 radical (unpaired) electrons. The highest BCUT2D eigenvalue weighted by atomic mass is 19.4. The average molecular weight is 499 g/mol. The standard InChI is InChI=1S/C24H24F3N7O2/c1-3-17-22(35)34-10-4-5-16-20(34)21(33(17)2)32-23(31-16)30-12-14-6-9-19(29-11-14)36-15-7-8-18(28-13-15)24(25,26)27/h6-9,11,13,17H,3-5,10,12H2,1-2H3,(H,30,31,32). The Kier molecular flexibility index (Phi) is 6.10. The smallest absolute Gasteiger partial charge is 0.433 e. The largest absolute Gasteiger partial charge is 0.437 e. The van der Waals surface area contributed by atoms with Gasteiger partial charge < -0.3 is 19.9 Å². The zero-order valence-electron chi connectivity index (χ0n) is 19.7. The van der Waals surface area contributed by atoms with Crippen molar-refractivity contribution in [3.63, 3.8) is 0 Å². The predicted molar refractivity (Wildman–Crippen MR) is 126 cm³/mol. The van der Waals surface area contributed by atoms with Gasteiger partial charge in [-0.1, -0.05) is 13.0 Å². The van der Waals surface area contributed by atoms with Crippen molar-refractivity contribution in [2.24, 2.45) is 0 Å². The third-order valence-electron chi connectivity index (χ3n) is 6.24. The molecular weight excluding hydrogens is 475 g/mol. The van der Waals surface area contributed by atoms with Crippen LogP contribution in [0.3, 0.4) is 0 Å². The molecule has 0 saturated heterocycles. The molecule has 2 aliphatic rings. The molecule has 188 valence electrons. The van der Waals surface area contributed by atoms with Gasteiger partial charge in [-0.2, -0.15) is 18.2 Å². The second-order valence-corrected chi connectivity index (χ2v) is 8.63. The van der Waals surface area contributed by atoms with Crippen LogP contribution in [0.1, 0.15) is 36.7 Å². The van der Waals surface area contributed by atoms with Gasteiger partial charge in [0.1, 0.15) is 23.2 Å². The van der Waals surface area contributed by atoms with Crippen molar-refractivity contribution in [1.82, 2.24) is 19.9 Å². The number of alkyl halides is 3. The molecular formula is C24H24F3N7O2. The fraction of sp³-hybridized carbons (Fsp3) is 0.375. The number of aromatic nitrogens is 4. The summed E-state index contributed by atoms with van der Waals surface area (Å²) in [7, 11) is 1.89. The lowest BCUT2D eigenvalue weighted by Crippen LogP contribution is -2.54. The highest BCUT2D eigenvalue weighted by molar-refractivity contribution is 6.05. The number of halogens is 3. The van der Waals surface area contributed by atoms with E-state index in [1.165, 1.54) is 6.07 Å². The van der Waals surface area contributed by atoms with Crippen LogP contribution in [-0.2, 0) is 23.9 Å². The Morgan fingerprint density at radius 3 is 2.64 bits per heavy atom. The van der Waals surface area contributed by atoms with E-state index in [0.717, 1.165) is 47.9 Å². The highest BCUT2D eigenvalue weighted by Gasteiger charge is 2.40. The van der Waals surface area contributed by atoms with Crippen molar-refractivity contribution in [3.05, 3.63) is 53.6 Å². The lowest BCUT2D eigenvalue weighted by Gasteiger charge is -2.42. The van der Waals surface area contributed by atoms with E-state index in [0.29, 0.717) is 25.5 Å². The number of nitrogens with one attached hydrogen (secondary N) is 1. The van der Waals surface area contributed by atoms with Crippen LogP contribution in [0.2, 0.25) is 0 Å². The van der Waals surface area contributed by atoms with E-state index in [1.807, 2.05) is 23.8 Å². The molecule has 5 heterocycles. The minimum Gasteiger partial charge on any atom is -0.437 e. The molecule has 12 heteroatoms. The number of aryl methyl sites for hydroxylation is 1. The molecule has 3 aromatic rings. The third kappa shape index (κ3) is 4.50. The molecule has 1 atom stereocenters. The maximum Gasteiger partial charge on any atom is 0.433 e. The first kappa shape index (κ1) is 23.8. The first-order chi connectivity index (χ1) is 17.2. The number of anilines is 3. The van der Waals surface area contributed by atoms with Gasteiger partial charge in [-0.3, -0.25) is 4.79 Å². The second-order valence-electron chi connectivity index (χ2n) is 8.63. The maximum atomic E-state index is 12.9. The number of likely N-dealkylation sites (N-methyl/N-ethyl adjacent to an activating group) is 1. The number of hydrogen-bond acceptors (Lipinski definition) is 8. The quantitative estimate of drug-likeness (QED) is 0.539. The van der Waals surface area contributed by atoms with Gasteiger partial charge >= 0.3 is 6.18 Å². The number of pyridine rings is 2. The molecule has 0 spiro atoms. The minimum atomic E-state index is -4.51. The summed E-state index contributed by atoms with van der Waals surface area (Å²) in [5.74, 6) is 1.70. The van der Waals surface area contributed by atoms with Crippen LogP contribution in [-0.4, -0.2) is 45.5 Å². The van der Waals surface area contributed by atoms with Gasteiger partial charge in [-0.25, -0.2) is 15.0 Å². The number of rotatable bonds is 6. The molecule has 1 amide bonds. The lowest BCUT2D eigenvalue weighted by atomic mass is 10.0. The summed E-state index contributed by atoms with van der Waals surface area (Å²) in [6.07, 6.45) is 0.427. The summed E-state index contributed by atoms with van der Waals surface area (Å²) >= 11 is 0. The zero-order chi connectivity index (χ0) is 25.4. The van der Waals surface area contributed by atoms with Crippen molar-refractivity contribution >= 4 is 23.4 Å². The van der Waals surface area contributed by atoms with Crippen molar-refractivity contribution in [3.8, 4) is 11.6 Å². The van der Waals surface area contributed by atoms with Crippen LogP contribution in [0.25, 0.3) is 0 Å². The van der Waals surface area contributed by atoms with E-state index in [2.05, 4.69) is 20.3 Å². The molecule has 9 nitrogen and oxygen atoms in total. The van der Waals surface area contributed by atoms with Crippen molar-refractivity contribution in [2.75, 3.05) is 28.7 Å². The maximum absolute atomic E-state index is 12.9. The predicted octanol–water partition coefficient (Wildman–Crippen LogP) is 4.20. The lowest BCUT2D eigenvalue weighted by molar-refractivity contribution is -0.141.